The Balaban J connectivity index is 0.000000126. The molecular weight excluding hydrogens is 1350 g/mol. The van der Waals surface area contributed by atoms with Crippen LogP contribution in [0.4, 0.5) is 0 Å². The molecule has 3 saturated heterocycles. The summed E-state index contributed by atoms with van der Waals surface area (Å²) in [5.41, 5.74) is 11.0. The number of carbonyl (C=O) groups is 1. The van der Waals surface area contributed by atoms with Gasteiger partial charge >= 0.3 is 23.1 Å². The maximum atomic E-state index is 12.7. The van der Waals surface area contributed by atoms with E-state index in [9.17, 15) is 30.3 Å². The predicted octanol–water partition coefficient (Wildman–Crippen LogP) is 9.77. The number of Topliss-reactive ketones (excluding diaryl/α,β-unsaturated/α-hetero) is 1. The molecule has 6 fully saturated rings. The summed E-state index contributed by atoms with van der Waals surface area (Å²) in [4.78, 5) is 20.3. The summed E-state index contributed by atoms with van der Waals surface area (Å²) in [6.45, 7) is 18.9. The number of piperidine rings is 3. The van der Waals surface area contributed by atoms with Crippen molar-refractivity contribution in [3.05, 3.63) is 238 Å². The van der Waals surface area contributed by atoms with Gasteiger partial charge in [-0.25, -0.2) is 0 Å². The minimum absolute atomic E-state index is 0. The second kappa shape index (κ2) is 26.2. The van der Waals surface area contributed by atoms with E-state index in [1.54, 1.807) is 6.92 Å². The van der Waals surface area contributed by atoms with Gasteiger partial charge in [-0.15, -0.1) is 12.1 Å². The Kier molecular flexibility index (Phi) is 19.0. The molecule has 6 spiro atoms. The molecule has 3 saturated carbocycles. The van der Waals surface area contributed by atoms with E-state index >= 15 is 0 Å². The van der Waals surface area contributed by atoms with Gasteiger partial charge in [0.05, 0.1) is 47.3 Å². The third-order valence-electron chi connectivity index (χ3n) is 31.0. The number of aryl methyl sites for hydroxylation is 3. The Labute approximate surface area is 652 Å². The Morgan fingerprint density at radius 3 is 1.10 bits per heavy atom. The van der Waals surface area contributed by atoms with Crippen molar-refractivity contribution in [3.63, 3.8) is 0 Å². The number of nitrogens with zero attached hydrogens (tertiary/aromatic N) is 3. The third kappa shape index (κ3) is 9.58. The normalized spacial score (nSPS) is 38.2. The third-order valence-corrected chi connectivity index (χ3v) is 31.0. The molecule has 6 heterocycles. The smallest absolute Gasteiger partial charge is 1.00 e. The maximum absolute atomic E-state index is 12.7. The molecular formula is C92H112ClMgN3O9. The van der Waals surface area contributed by atoms with Crippen molar-refractivity contribution in [1.29, 1.82) is 0 Å². The number of carbonyl (C=O) groups excluding carboxylic acids is 1. The monoisotopic (exact) mass is 1460 g/mol. The largest absolute Gasteiger partial charge is 2.00 e. The first-order valence-corrected chi connectivity index (χ1v) is 38.2. The summed E-state index contributed by atoms with van der Waals surface area (Å²) in [6.07, 6.45) is 23.4. The molecule has 12 aliphatic carbocycles. The first-order chi connectivity index (χ1) is 48.9. The Bertz CT molecular complexity index is 4320. The molecule has 12 bridgehead atoms. The van der Waals surface area contributed by atoms with Crippen molar-refractivity contribution in [1.82, 2.24) is 14.7 Å². The van der Waals surface area contributed by atoms with Crippen LogP contribution in [0.1, 0.15) is 141 Å². The molecule has 0 radical (unpaired) electrons. The zero-order valence-corrected chi connectivity index (χ0v) is 64.5. The average molecular weight is 1460 g/mol. The van der Waals surface area contributed by atoms with Crippen LogP contribution in [0.2, 0.25) is 0 Å². The minimum atomic E-state index is -0.968. The van der Waals surface area contributed by atoms with E-state index in [1.807, 2.05) is 80.6 Å². The van der Waals surface area contributed by atoms with E-state index < -0.39 is 27.4 Å². The van der Waals surface area contributed by atoms with E-state index in [0.29, 0.717) is 31.0 Å². The van der Waals surface area contributed by atoms with Gasteiger partial charge in [0.1, 0.15) is 41.3 Å². The van der Waals surface area contributed by atoms with Crippen LogP contribution in [-0.2, 0) is 53.1 Å². The molecule has 6 aromatic carbocycles. The second-order valence-corrected chi connectivity index (χ2v) is 35.3. The van der Waals surface area contributed by atoms with Gasteiger partial charge in [0.15, 0.2) is 0 Å². The fourth-order valence-electron chi connectivity index (χ4n) is 26.7. The first-order valence-electron chi connectivity index (χ1n) is 38.2. The van der Waals surface area contributed by atoms with E-state index in [-0.39, 0.29) is 144 Å². The van der Waals surface area contributed by atoms with E-state index in [2.05, 4.69) is 161 Å². The van der Waals surface area contributed by atoms with Gasteiger partial charge in [0, 0.05) is 97.9 Å². The number of fused-ring (bicyclic) bond motifs is 3. The molecule has 18 aliphatic rings. The zero-order valence-electron chi connectivity index (χ0n) is 62.3. The number of benzene rings is 6. The number of hydrogen-bond donors (Lipinski definition) is 5. The Hall–Kier alpha value is -5.78. The van der Waals surface area contributed by atoms with Crippen molar-refractivity contribution in [2.75, 3.05) is 60.6 Å². The van der Waals surface area contributed by atoms with Crippen LogP contribution in [-0.4, -0.2) is 177 Å². The number of ether oxygens (including phenoxy) is 3. The SMILES string of the molecule is C.C.CC(=O)[C@H]1C[C@@]23C=C[C@]1(CO)[C@@H]1Oc4c(C)ccc5c4[C@@]12CCN(C)[C@@H]3C5.Cc1ccc2c3c1O[C@H]1[C@@]4(CO)C=C[C@@]5(C[C@@H]4[C@@](C)(O)Cc4ccccc4)[C@@H](C2)N(C)CC[C@]315.Cc1ccc2c3c1O[C@H]1[C@@]4(CO)C=C[C@@]5(C[C@@H]4[C@](C)(O)Cc4ccccc4)[C@@H](C2)N(C)CC[C@]315.[CH2-]c1ccccc1.[Cl-].[Mg+2]. The topological polar surface area (TPSA) is 156 Å². The number of rotatable bonds is 10. The summed E-state index contributed by atoms with van der Waals surface area (Å²) in [5, 5.41) is 57.1. The van der Waals surface area contributed by atoms with Crippen molar-refractivity contribution >= 4 is 28.8 Å². The maximum Gasteiger partial charge on any atom is 2.00 e. The molecule has 0 amide bonds. The summed E-state index contributed by atoms with van der Waals surface area (Å²) >= 11 is 0. The standard InChI is InChI=1S/2C30H35NO3.C23H27NO3.C7H7.2CH4.ClH.Mg/c2*1-19-9-10-21-15-23-29-12-11-28(18-32,22(17-29)27(2,33)16-20-7-5-4-6-8-20)26-30(29,13-14-31(23)3)24(21)25(19)34-26;1-13-4-5-15-10-17-22-7-6-21(12-25,16(11-22)14(2)26)20-23(22,8-9-24(17)3)18(15)19(13)27-20;1-7-5-3-2-4-6-7;;;;/h2*4-12,22-23,26,32-33H,13-18H2,1-3H3;4-7,16-17,20,25H,8-12H2,1-3H3;2-6H,1H2;2*1H4;1H;/q;;;-1;;;;+2/p-1/t22-,23-,26+,27+,28-,29-,30+;22-,23-,26+,27-,28-,29-,30+;16-,17-,20+,21-,22-,23+;;;;;/m111...../s1. The Morgan fingerprint density at radius 2 is 0.792 bits per heavy atom. The molecule has 5 N–H and O–H groups in total. The van der Waals surface area contributed by atoms with Crippen LogP contribution in [0, 0.1) is 77.9 Å². The number of hydrogen-bond acceptors (Lipinski definition) is 12. The van der Waals surface area contributed by atoms with Gasteiger partial charge in [-0.1, -0.05) is 154 Å². The molecule has 24 rings (SSSR count). The molecule has 12 nitrogen and oxygen atoms in total. The van der Waals surface area contributed by atoms with E-state index in [0.717, 1.165) is 111 Å². The van der Waals surface area contributed by atoms with Crippen LogP contribution >= 0.6 is 0 Å². The van der Waals surface area contributed by atoms with Crippen LogP contribution in [0.15, 0.2) is 164 Å². The quantitative estimate of drug-likeness (QED) is 0.0504. The fraction of sp³-hybridized carbons (Fsp3) is 0.522. The van der Waals surface area contributed by atoms with Gasteiger partial charge < -0.3 is 66.8 Å². The number of likely N-dealkylation sites (tertiary alicyclic amines) is 3. The number of aliphatic hydroxyl groups excluding tert-OH is 3. The summed E-state index contributed by atoms with van der Waals surface area (Å²) < 4.78 is 20.8. The number of aliphatic hydroxyl groups is 5. The van der Waals surface area contributed by atoms with Gasteiger partial charge in [-0.05, 0) is 185 Å². The summed E-state index contributed by atoms with van der Waals surface area (Å²) in [5.74, 6) is 2.97. The zero-order chi connectivity index (χ0) is 70.9. The fourth-order valence-corrected chi connectivity index (χ4v) is 26.7. The number of likely N-dealkylation sites (N-methyl/N-ethyl adjacent to an activating group) is 3. The van der Waals surface area contributed by atoms with Crippen molar-refractivity contribution in [3.8, 4) is 17.2 Å². The van der Waals surface area contributed by atoms with E-state index in [1.165, 1.54) is 50.1 Å². The Morgan fingerprint density at radius 1 is 0.481 bits per heavy atom. The molecule has 0 unspecified atom stereocenters. The first kappa shape index (κ1) is 77.0. The molecule has 106 heavy (non-hydrogen) atoms. The molecule has 14 heteroatoms. The average Bonchev–Trinajstić information content (AvgIpc) is 1.36. The molecule has 6 aromatic rings. The molecule has 558 valence electrons. The predicted molar refractivity (Wildman–Crippen MR) is 416 cm³/mol. The van der Waals surface area contributed by atoms with E-state index in [4.69, 9.17) is 14.2 Å². The van der Waals surface area contributed by atoms with Crippen molar-refractivity contribution in [2.45, 2.75) is 191 Å². The van der Waals surface area contributed by atoms with Crippen molar-refractivity contribution < 1.29 is 56.9 Å². The second-order valence-electron chi connectivity index (χ2n) is 35.3. The van der Waals surface area contributed by atoms with Crippen LogP contribution in [0.3, 0.4) is 0 Å². The van der Waals surface area contributed by atoms with Gasteiger partial charge in [0.2, 0.25) is 0 Å². The number of ketones is 1. The van der Waals surface area contributed by atoms with Gasteiger partial charge in [-0.2, -0.15) is 24.6 Å². The van der Waals surface area contributed by atoms with Gasteiger partial charge in [0.25, 0.3) is 0 Å². The number of halogens is 1. The van der Waals surface area contributed by atoms with Gasteiger partial charge in [-0.3, -0.25) is 4.79 Å². The summed E-state index contributed by atoms with van der Waals surface area (Å²) in [6, 6.07) is 45.1. The molecule has 6 aliphatic heterocycles. The van der Waals surface area contributed by atoms with Crippen molar-refractivity contribution in [2.24, 2.45) is 50.2 Å². The summed E-state index contributed by atoms with van der Waals surface area (Å²) in [7, 11) is 6.77. The van der Waals surface area contributed by atoms with Crippen LogP contribution in [0.25, 0.3) is 0 Å². The molecule has 20 atom stereocenters. The van der Waals surface area contributed by atoms with Crippen LogP contribution < -0.4 is 26.6 Å². The minimum Gasteiger partial charge on any atom is -1.00 e. The van der Waals surface area contributed by atoms with Crippen LogP contribution in [0.5, 0.6) is 17.2 Å². The molecule has 0 aromatic heterocycles.